The molecule has 0 radical (unpaired) electrons. The topological polar surface area (TPSA) is 83.6 Å². The van der Waals surface area contributed by atoms with Crippen LogP contribution in [0.4, 0.5) is 5.69 Å². The number of benzene rings is 1. The van der Waals surface area contributed by atoms with Gasteiger partial charge in [0.2, 0.25) is 0 Å². The molecule has 0 atom stereocenters. The van der Waals surface area contributed by atoms with Crippen LogP contribution in [0.25, 0.3) is 0 Å². The smallest absolute Gasteiger partial charge is 0.309 e. The van der Waals surface area contributed by atoms with Crippen molar-refractivity contribution in [1.82, 2.24) is 15.6 Å². The van der Waals surface area contributed by atoms with E-state index in [4.69, 9.17) is 4.74 Å². The molecule has 7 nitrogen and oxygen atoms in total. The van der Waals surface area contributed by atoms with Gasteiger partial charge in [0.1, 0.15) is 5.75 Å². The number of nitrogens with zero attached hydrogens (tertiary/aromatic N) is 2. The number of aromatic nitrogens is 1. The lowest BCUT2D eigenvalue weighted by Crippen LogP contribution is -2.43. The molecule has 29 heavy (non-hydrogen) atoms. The predicted octanol–water partition coefficient (Wildman–Crippen LogP) is 2.05. The Morgan fingerprint density at radius 3 is 2.45 bits per heavy atom. The van der Waals surface area contributed by atoms with E-state index in [-0.39, 0.29) is 0 Å². The van der Waals surface area contributed by atoms with E-state index in [2.05, 4.69) is 26.6 Å². The van der Waals surface area contributed by atoms with E-state index in [1.165, 1.54) is 5.69 Å². The van der Waals surface area contributed by atoms with Crippen LogP contribution in [-0.4, -0.2) is 43.5 Å². The molecule has 1 aromatic carbocycles. The molecule has 3 rings (SSSR count). The Hall–Kier alpha value is -3.09. The summed E-state index contributed by atoms with van der Waals surface area (Å²) in [5, 5.41) is 5.42. The van der Waals surface area contributed by atoms with Gasteiger partial charge in [0.05, 0.1) is 7.11 Å². The van der Waals surface area contributed by atoms with Gasteiger partial charge in [-0.2, -0.15) is 0 Å². The van der Waals surface area contributed by atoms with Gasteiger partial charge >= 0.3 is 11.8 Å². The Balaban J connectivity index is 1.37. The molecule has 1 aliphatic rings. The van der Waals surface area contributed by atoms with Crippen molar-refractivity contribution in [1.29, 1.82) is 0 Å². The standard InChI is InChI=1S/C22H28N4O3/c1-16-13-19(7-10-23-16)26-11-8-18(9-12-26)15-25-22(28)21(27)24-14-17-3-5-20(29-2)6-4-17/h3-7,10,13,18H,8-9,11-12,14-15H2,1-2H3,(H,24,27)(H,25,28). The molecular formula is C22H28N4O3. The molecule has 0 bridgehead atoms. The molecule has 0 aliphatic carbocycles. The number of carbonyl (C=O) groups is 2. The number of pyridine rings is 1. The number of hydrogen-bond acceptors (Lipinski definition) is 5. The van der Waals surface area contributed by atoms with Crippen LogP contribution >= 0.6 is 0 Å². The maximum absolute atomic E-state index is 12.1. The van der Waals surface area contributed by atoms with Crippen LogP contribution in [0.15, 0.2) is 42.6 Å². The molecule has 0 spiro atoms. The minimum absolute atomic E-state index is 0.306. The summed E-state index contributed by atoms with van der Waals surface area (Å²) in [7, 11) is 1.60. The maximum Gasteiger partial charge on any atom is 0.309 e. The second kappa shape index (κ2) is 9.91. The van der Waals surface area contributed by atoms with Gasteiger partial charge in [0.15, 0.2) is 0 Å². The SMILES string of the molecule is COc1ccc(CNC(=O)C(=O)NCC2CCN(c3ccnc(C)c3)CC2)cc1. The van der Waals surface area contributed by atoms with Gasteiger partial charge in [-0.15, -0.1) is 0 Å². The molecule has 2 N–H and O–H groups in total. The number of rotatable bonds is 6. The van der Waals surface area contributed by atoms with Crippen molar-refractivity contribution >= 4 is 17.5 Å². The number of aryl methyl sites for hydroxylation is 1. The second-order valence-electron chi connectivity index (χ2n) is 7.33. The number of piperidine rings is 1. The van der Waals surface area contributed by atoms with E-state index in [9.17, 15) is 9.59 Å². The third-order valence-electron chi connectivity index (χ3n) is 5.23. The molecule has 7 heteroatoms. The van der Waals surface area contributed by atoms with Crippen LogP contribution in [0, 0.1) is 12.8 Å². The van der Waals surface area contributed by atoms with Gasteiger partial charge in [-0.1, -0.05) is 12.1 Å². The monoisotopic (exact) mass is 396 g/mol. The van der Waals surface area contributed by atoms with Crippen molar-refractivity contribution in [2.75, 3.05) is 31.6 Å². The van der Waals surface area contributed by atoms with Crippen LogP contribution in [0.1, 0.15) is 24.1 Å². The number of carbonyl (C=O) groups excluding carboxylic acids is 2. The Labute approximate surface area is 171 Å². The van der Waals surface area contributed by atoms with Crippen LogP contribution in [0.3, 0.4) is 0 Å². The highest BCUT2D eigenvalue weighted by Crippen LogP contribution is 2.23. The number of anilines is 1. The van der Waals surface area contributed by atoms with E-state index in [1.54, 1.807) is 7.11 Å². The van der Waals surface area contributed by atoms with E-state index in [1.807, 2.05) is 43.5 Å². The zero-order valence-corrected chi connectivity index (χ0v) is 17.0. The van der Waals surface area contributed by atoms with Crippen molar-refractivity contribution in [3.8, 4) is 5.75 Å². The third-order valence-corrected chi connectivity index (χ3v) is 5.23. The summed E-state index contributed by atoms with van der Waals surface area (Å²) >= 11 is 0. The summed E-state index contributed by atoms with van der Waals surface area (Å²) in [5.41, 5.74) is 3.11. The van der Waals surface area contributed by atoms with Gasteiger partial charge in [0, 0.05) is 43.8 Å². The maximum atomic E-state index is 12.1. The molecule has 0 unspecified atom stereocenters. The van der Waals surface area contributed by atoms with Gasteiger partial charge < -0.3 is 20.3 Å². The first-order chi connectivity index (χ1) is 14.0. The molecule has 2 aromatic rings. The van der Waals surface area contributed by atoms with Crippen LogP contribution in [0.2, 0.25) is 0 Å². The van der Waals surface area contributed by atoms with Crippen molar-refractivity contribution in [3.63, 3.8) is 0 Å². The summed E-state index contributed by atoms with van der Waals surface area (Å²) in [6.07, 6.45) is 3.80. The zero-order chi connectivity index (χ0) is 20.6. The van der Waals surface area contributed by atoms with Crippen molar-refractivity contribution in [2.45, 2.75) is 26.3 Å². The Morgan fingerprint density at radius 1 is 1.10 bits per heavy atom. The lowest BCUT2D eigenvalue weighted by atomic mass is 9.96. The fourth-order valence-electron chi connectivity index (χ4n) is 3.45. The molecule has 2 amide bonds. The predicted molar refractivity (Wildman–Crippen MR) is 112 cm³/mol. The first-order valence-corrected chi connectivity index (χ1v) is 9.91. The summed E-state index contributed by atoms with van der Waals surface area (Å²) in [6.45, 7) is 4.70. The van der Waals surface area contributed by atoms with E-state index in [0.717, 1.165) is 42.9 Å². The van der Waals surface area contributed by atoms with Crippen molar-refractivity contribution in [3.05, 3.63) is 53.9 Å². The molecule has 1 aromatic heterocycles. The summed E-state index contributed by atoms with van der Waals surface area (Å²) < 4.78 is 5.10. The lowest BCUT2D eigenvalue weighted by Gasteiger charge is -2.33. The molecule has 0 saturated carbocycles. The Kier molecular flexibility index (Phi) is 7.05. The average Bonchev–Trinajstić information content (AvgIpc) is 2.76. The molecular weight excluding hydrogens is 368 g/mol. The first kappa shape index (κ1) is 20.6. The largest absolute Gasteiger partial charge is 0.497 e. The minimum atomic E-state index is -0.606. The van der Waals surface area contributed by atoms with Crippen molar-refractivity contribution in [2.24, 2.45) is 5.92 Å². The van der Waals surface area contributed by atoms with Gasteiger partial charge in [-0.05, 0) is 55.5 Å². The van der Waals surface area contributed by atoms with Gasteiger partial charge in [0.25, 0.3) is 0 Å². The summed E-state index contributed by atoms with van der Waals surface area (Å²) in [5.74, 6) is -0.0494. The fourth-order valence-corrected chi connectivity index (χ4v) is 3.45. The van der Waals surface area contributed by atoms with Crippen molar-refractivity contribution < 1.29 is 14.3 Å². The number of nitrogens with one attached hydrogen (secondary N) is 2. The first-order valence-electron chi connectivity index (χ1n) is 9.91. The Bertz CT molecular complexity index is 830. The van der Waals surface area contributed by atoms with Crippen LogP contribution < -0.4 is 20.3 Å². The number of ether oxygens (including phenoxy) is 1. The minimum Gasteiger partial charge on any atom is -0.497 e. The van der Waals surface area contributed by atoms with E-state index in [0.29, 0.717) is 19.0 Å². The molecule has 1 saturated heterocycles. The van der Waals surface area contributed by atoms with Gasteiger partial charge in [-0.25, -0.2) is 0 Å². The highest BCUT2D eigenvalue weighted by molar-refractivity contribution is 6.35. The number of amides is 2. The highest BCUT2D eigenvalue weighted by atomic mass is 16.5. The lowest BCUT2D eigenvalue weighted by molar-refractivity contribution is -0.139. The summed E-state index contributed by atoms with van der Waals surface area (Å²) in [4.78, 5) is 30.7. The number of hydrogen-bond donors (Lipinski definition) is 2. The zero-order valence-electron chi connectivity index (χ0n) is 17.0. The summed E-state index contributed by atoms with van der Waals surface area (Å²) in [6, 6.07) is 11.5. The molecule has 2 heterocycles. The van der Waals surface area contributed by atoms with Gasteiger partial charge in [-0.3, -0.25) is 14.6 Å². The molecule has 1 aliphatic heterocycles. The second-order valence-corrected chi connectivity index (χ2v) is 7.33. The molecule has 1 fully saturated rings. The third kappa shape index (κ3) is 5.94. The normalized spacial score (nSPS) is 14.3. The van der Waals surface area contributed by atoms with Crippen LogP contribution in [-0.2, 0) is 16.1 Å². The molecule has 154 valence electrons. The van der Waals surface area contributed by atoms with E-state index < -0.39 is 11.8 Å². The number of methoxy groups -OCH3 is 1. The van der Waals surface area contributed by atoms with E-state index >= 15 is 0 Å². The fraction of sp³-hybridized carbons (Fsp3) is 0.409. The van der Waals surface area contributed by atoms with Crippen LogP contribution in [0.5, 0.6) is 5.75 Å². The average molecular weight is 396 g/mol. The Morgan fingerprint density at radius 2 is 1.79 bits per heavy atom. The quantitative estimate of drug-likeness (QED) is 0.730. The highest BCUT2D eigenvalue weighted by Gasteiger charge is 2.21.